The molecule has 2 heterocycles. The normalized spacial score (nSPS) is 11.3. The van der Waals surface area contributed by atoms with Crippen molar-refractivity contribution in [1.29, 1.82) is 0 Å². The lowest BCUT2D eigenvalue weighted by Gasteiger charge is -2.10. The number of nitrogens with one attached hydrogen (secondary N) is 1. The van der Waals surface area contributed by atoms with Crippen LogP contribution in [0, 0.1) is 0 Å². The summed E-state index contributed by atoms with van der Waals surface area (Å²) in [5.41, 5.74) is 0.742. The van der Waals surface area contributed by atoms with Gasteiger partial charge < -0.3 is 5.32 Å². The van der Waals surface area contributed by atoms with Gasteiger partial charge in [0.2, 0.25) is 0 Å². The summed E-state index contributed by atoms with van der Waals surface area (Å²) in [6.07, 6.45) is -2.87. The van der Waals surface area contributed by atoms with Crippen molar-refractivity contribution in [2.75, 3.05) is 0 Å². The van der Waals surface area contributed by atoms with Gasteiger partial charge in [0.15, 0.2) is 0 Å². The first-order valence-electron chi connectivity index (χ1n) is 7.38. The van der Waals surface area contributed by atoms with E-state index in [0.717, 1.165) is 17.0 Å². The van der Waals surface area contributed by atoms with Gasteiger partial charge in [-0.05, 0) is 41.3 Å². The second-order valence-electron chi connectivity index (χ2n) is 5.29. The van der Waals surface area contributed by atoms with Crippen LogP contribution in [0.25, 0.3) is 10.6 Å². The maximum absolute atomic E-state index is 12.7. The average molecular weight is 362 g/mol. The number of nitrogens with zero attached hydrogens (tertiary/aromatic N) is 1. The van der Waals surface area contributed by atoms with Gasteiger partial charge in [-0.3, -0.25) is 9.78 Å². The number of hydrogen-bond acceptors (Lipinski definition) is 3. The van der Waals surface area contributed by atoms with E-state index < -0.39 is 11.7 Å². The van der Waals surface area contributed by atoms with E-state index in [-0.39, 0.29) is 12.5 Å². The number of hydrogen-bond donors (Lipinski definition) is 1. The molecular weight excluding hydrogens is 349 g/mol. The van der Waals surface area contributed by atoms with Crippen LogP contribution >= 0.6 is 11.3 Å². The molecule has 1 amide bonds. The van der Waals surface area contributed by atoms with E-state index in [1.807, 2.05) is 17.5 Å². The predicted octanol–water partition coefficient (Wildman–Crippen LogP) is 4.76. The van der Waals surface area contributed by atoms with Crippen molar-refractivity contribution in [1.82, 2.24) is 10.3 Å². The molecule has 0 unspecified atom stereocenters. The van der Waals surface area contributed by atoms with Crippen molar-refractivity contribution in [3.8, 4) is 10.6 Å². The van der Waals surface area contributed by atoms with Gasteiger partial charge in [0, 0.05) is 18.3 Å². The van der Waals surface area contributed by atoms with Crippen LogP contribution < -0.4 is 5.32 Å². The van der Waals surface area contributed by atoms with Gasteiger partial charge >= 0.3 is 6.18 Å². The summed E-state index contributed by atoms with van der Waals surface area (Å²) >= 11 is 1.51. The lowest BCUT2D eigenvalue weighted by molar-refractivity contribution is -0.137. The summed E-state index contributed by atoms with van der Waals surface area (Å²) in [6, 6.07) is 11.9. The number of benzene rings is 1. The minimum absolute atomic E-state index is 0.0133. The Morgan fingerprint density at radius 2 is 1.96 bits per heavy atom. The maximum atomic E-state index is 12.7. The van der Waals surface area contributed by atoms with Crippen LogP contribution in [0.4, 0.5) is 13.2 Å². The highest BCUT2D eigenvalue weighted by atomic mass is 32.1. The summed E-state index contributed by atoms with van der Waals surface area (Å²) in [6.45, 7) is 0.0133. The lowest BCUT2D eigenvalue weighted by Crippen LogP contribution is -2.23. The molecule has 7 heteroatoms. The molecule has 3 nitrogen and oxygen atoms in total. The van der Waals surface area contributed by atoms with Gasteiger partial charge in [0.25, 0.3) is 5.91 Å². The molecule has 0 spiro atoms. The molecule has 3 aromatic rings. The van der Waals surface area contributed by atoms with Gasteiger partial charge in [0.1, 0.15) is 0 Å². The third-order valence-corrected chi connectivity index (χ3v) is 4.40. The predicted molar refractivity (Wildman–Crippen MR) is 90.2 cm³/mol. The molecule has 0 aliphatic carbocycles. The Morgan fingerprint density at radius 3 is 2.68 bits per heavy atom. The summed E-state index contributed by atoms with van der Waals surface area (Å²) in [5, 5.41) is 4.55. The fraction of sp³-hybridized carbons (Fsp3) is 0.111. The molecule has 1 aromatic carbocycles. The third-order valence-electron chi connectivity index (χ3n) is 3.50. The van der Waals surface area contributed by atoms with E-state index in [4.69, 9.17) is 0 Å². The average Bonchev–Trinajstić information content (AvgIpc) is 3.14. The quantitative estimate of drug-likeness (QED) is 0.727. The SMILES string of the molecule is O=C(NCc1cccc(C(F)(F)F)c1)c1ccnc(-c2cccs2)c1. The van der Waals surface area contributed by atoms with Crippen LogP contribution in [0.5, 0.6) is 0 Å². The van der Waals surface area contributed by atoms with E-state index in [1.165, 1.54) is 23.6 Å². The summed E-state index contributed by atoms with van der Waals surface area (Å²) < 4.78 is 38.2. The number of pyridine rings is 1. The highest BCUT2D eigenvalue weighted by Crippen LogP contribution is 2.29. The van der Waals surface area contributed by atoms with E-state index in [9.17, 15) is 18.0 Å². The monoisotopic (exact) mass is 362 g/mol. The van der Waals surface area contributed by atoms with Crippen LogP contribution in [-0.2, 0) is 12.7 Å². The van der Waals surface area contributed by atoms with Gasteiger partial charge in [-0.2, -0.15) is 13.2 Å². The van der Waals surface area contributed by atoms with Gasteiger partial charge in [-0.1, -0.05) is 18.2 Å². The summed E-state index contributed by atoms with van der Waals surface area (Å²) in [4.78, 5) is 17.4. The zero-order valence-corrected chi connectivity index (χ0v) is 13.7. The molecular formula is C18H13F3N2OS. The van der Waals surface area contributed by atoms with Crippen molar-refractivity contribution < 1.29 is 18.0 Å². The Morgan fingerprint density at radius 1 is 1.12 bits per heavy atom. The molecule has 0 bridgehead atoms. The topological polar surface area (TPSA) is 42.0 Å². The maximum Gasteiger partial charge on any atom is 0.416 e. The molecule has 2 aromatic heterocycles. The number of aromatic nitrogens is 1. The molecule has 0 aliphatic heterocycles. The van der Waals surface area contributed by atoms with Gasteiger partial charge in [-0.25, -0.2) is 0 Å². The Kier molecular flexibility index (Phi) is 4.85. The Labute approximate surface area is 146 Å². The van der Waals surface area contributed by atoms with Crippen molar-refractivity contribution in [2.45, 2.75) is 12.7 Å². The molecule has 0 saturated heterocycles. The highest BCUT2D eigenvalue weighted by molar-refractivity contribution is 7.13. The summed E-state index contributed by atoms with van der Waals surface area (Å²) in [5.74, 6) is -0.363. The number of rotatable bonds is 4. The number of halogens is 3. The number of amides is 1. The standard InChI is InChI=1S/C18H13F3N2OS/c19-18(20,21)14-4-1-3-12(9-14)11-23-17(24)13-6-7-22-15(10-13)16-5-2-8-25-16/h1-10H,11H2,(H,23,24). The zero-order chi connectivity index (χ0) is 17.9. The first-order chi connectivity index (χ1) is 11.9. The van der Waals surface area contributed by atoms with E-state index in [2.05, 4.69) is 10.3 Å². The second-order valence-corrected chi connectivity index (χ2v) is 6.24. The van der Waals surface area contributed by atoms with Crippen LogP contribution in [0.15, 0.2) is 60.1 Å². The van der Waals surface area contributed by atoms with Crippen LogP contribution in [0.1, 0.15) is 21.5 Å². The molecule has 1 N–H and O–H groups in total. The van der Waals surface area contributed by atoms with E-state index in [1.54, 1.807) is 18.2 Å². The Hall–Kier alpha value is -2.67. The lowest BCUT2D eigenvalue weighted by atomic mass is 10.1. The fourth-order valence-corrected chi connectivity index (χ4v) is 2.97. The molecule has 0 atom stereocenters. The van der Waals surface area contributed by atoms with Crippen molar-refractivity contribution in [2.24, 2.45) is 0 Å². The molecule has 0 aliphatic rings. The molecule has 0 saturated carbocycles. The van der Waals surface area contributed by atoms with Crippen LogP contribution in [-0.4, -0.2) is 10.9 Å². The first kappa shape index (κ1) is 17.2. The summed E-state index contributed by atoms with van der Waals surface area (Å²) in [7, 11) is 0. The number of alkyl halides is 3. The van der Waals surface area contributed by atoms with Gasteiger partial charge in [-0.15, -0.1) is 11.3 Å². The van der Waals surface area contributed by atoms with Crippen molar-refractivity contribution in [3.63, 3.8) is 0 Å². The molecule has 3 rings (SSSR count). The third kappa shape index (κ3) is 4.24. The minimum Gasteiger partial charge on any atom is -0.348 e. The second kappa shape index (κ2) is 7.06. The Balaban J connectivity index is 1.70. The van der Waals surface area contributed by atoms with Gasteiger partial charge in [0.05, 0.1) is 16.1 Å². The van der Waals surface area contributed by atoms with Crippen molar-refractivity contribution in [3.05, 3.63) is 76.8 Å². The largest absolute Gasteiger partial charge is 0.416 e. The van der Waals surface area contributed by atoms with E-state index >= 15 is 0 Å². The number of thiophene rings is 1. The highest BCUT2D eigenvalue weighted by Gasteiger charge is 2.30. The minimum atomic E-state index is -4.40. The Bertz CT molecular complexity index is 876. The van der Waals surface area contributed by atoms with Crippen molar-refractivity contribution >= 4 is 17.2 Å². The van der Waals surface area contributed by atoms with E-state index in [0.29, 0.717) is 16.8 Å². The zero-order valence-electron chi connectivity index (χ0n) is 12.9. The van der Waals surface area contributed by atoms with Crippen LogP contribution in [0.3, 0.4) is 0 Å². The smallest absolute Gasteiger partial charge is 0.348 e. The molecule has 25 heavy (non-hydrogen) atoms. The molecule has 128 valence electrons. The molecule has 0 fully saturated rings. The first-order valence-corrected chi connectivity index (χ1v) is 8.26. The number of carbonyl (C=O) groups excluding carboxylic acids is 1. The number of carbonyl (C=O) groups is 1. The molecule has 0 radical (unpaired) electrons. The van der Waals surface area contributed by atoms with Crippen LogP contribution in [0.2, 0.25) is 0 Å². The fourth-order valence-electron chi connectivity index (χ4n) is 2.27.